The smallest absolute Gasteiger partial charge is 0.290 e. The lowest BCUT2D eigenvalue weighted by molar-refractivity contribution is -0.925. The maximum atomic E-state index is 13.0. The van der Waals surface area contributed by atoms with Gasteiger partial charge in [-0.2, -0.15) is 0 Å². The number of ether oxygens (including phenoxy) is 1. The molecular formula is C20H27N2O5S+. The molecule has 0 spiro atoms. The predicted octanol–water partition coefficient (Wildman–Crippen LogP) is 0.668. The van der Waals surface area contributed by atoms with Gasteiger partial charge in [0.05, 0.1) is 38.5 Å². The van der Waals surface area contributed by atoms with Crippen LogP contribution in [0.15, 0.2) is 22.6 Å². The number of aryl methyl sites for hydroxylation is 1. The van der Waals surface area contributed by atoms with Gasteiger partial charge in [0.15, 0.2) is 15.6 Å². The molecule has 152 valence electrons. The summed E-state index contributed by atoms with van der Waals surface area (Å²) in [4.78, 5) is 16.1. The summed E-state index contributed by atoms with van der Waals surface area (Å²) in [6, 6.07) is 5.78. The fourth-order valence-electron chi connectivity index (χ4n) is 4.33. The van der Waals surface area contributed by atoms with Crippen molar-refractivity contribution in [2.75, 3.05) is 44.3 Å². The monoisotopic (exact) mass is 407 g/mol. The number of nitrogens with one attached hydrogen (secondary N) is 1. The minimum absolute atomic E-state index is 0.0928. The van der Waals surface area contributed by atoms with E-state index < -0.39 is 9.84 Å². The molecular weight excluding hydrogens is 380 g/mol. The van der Waals surface area contributed by atoms with E-state index in [1.54, 1.807) is 0 Å². The first-order chi connectivity index (χ1) is 13.4. The molecule has 0 aliphatic carbocycles. The summed E-state index contributed by atoms with van der Waals surface area (Å²) in [5, 5.41) is 0.898. The highest BCUT2D eigenvalue weighted by Gasteiger charge is 2.38. The van der Waals surface area contributed by atoms with Gasteiger partial charge in [0.25, 0.3) is 5.91 Å². The van der Waals surface area contributed by atoms with Gasteiger partial charge in [0, 0.05) is 17.4 Å². The number of rotatable bonds is 4. The Bertz CT molecular complexity index is 989. The van der Waals surface area contributed by atoms with Crippen molar-refractivity contribution < 1.29 is 27.3 Å². The zero-order chi connectivity index (χ0) is 19.9. The van der Waals surface area contributed by atoms with Crippen LogP contribution in [0.25, 0.3) is 11.0 Å². The number of furan rings is 1. The van der Waals surface area contributed by atoms with Crippen LogP contribution in [0, 0.1) is 6.92 Å². The largest absolute Gasteiger partial charge is 0.494 e. The fourth-order valence-corrected chi connectivity index (χ4v) is 6.15. The van der Waals surface area contributed by atoms with Crippen LogP contribution < -0.4 is 9.64 Å². The quantitative estimate of drug-likeness (QED) is 0.806. The zero-order valence-electron chi connectivity index (χ0n) is 16.4. The van der Waals surface area contributed by atoms with Crippen LogP contribution in [0.1, 0.15) is 29.5 Å². The molecule has 1 aromatic heterocycles. The van der Waals surface area contributed by atoms with Crippen molar-refractivity contribution in [3.8, 4) is 5.75 Å². The lowest BCUT2D eigenvalue weighted by Crippen LogP contribution is -3.18. The summed E-state index contributed by atoms with van der Waals surface area (Å²) in [6.45, 7) is 7.21. The number of piperazine rings is 1. The highest BCUT2D eigenvalue weighted by molar-refractivity contribution is 7.91. The normalized spacial score (nSPS) is 22.6. The number of quaternary nitrogens is 1. The lowest BCUT2D eigenvalue weighted by atomic mass is 10.1. The molecule has 0 unspecified atom stereocenters. The molecule has 0 radical (unpaired) electrons. The fraction of sp³-hybridized carbons (Fsp3) is 0.550. The Labute approximate surface area is 165 Å². The summed E-state index contributed by atoms with van der Waals surface area (Å²) in [7, 11) is -2.87. The number of carbonyl (C=O) groups excluding carboxylic acids is 1. The first kappa shape index (κ1) is 19.3. The second-order valence-electron chi connectivity index (χ2n) is 7.70. The number of sulfone groups is 1. The molecule has 8 heteroatoms. The predicted molar refractivity (Wildman–Crippen MR) is 106 cm³/mol. The van der Waals surface area contributed by atoms with Crippen molar-refractivity contribution >= 4 is 26.7 Å². The Morgan fingerprint density at radius 1 is 1.32 bits per heavy atom. The van der Waals surface area contributed by atoms with Crippen LogP contribution in [-0.2, 0) is 9.84 Å². The molecule has 2 aliphatic rings. The van der Waals surface area contributed by atoms with Gasteiger partial charge in [-0.3, -0.25) is 4.79 Å². The van der Waals surface area contributed by atoms with E-state index in [2.05, 4.69) is 0 Å². The number of carbonyl (C=O) groups is 1. The summed E-state index contributed by atoms with van der Waals surface area (Å²) in [6.07, 6.45) is 0.733. The van der Waals surface area contributed by atoms with Crippen molar-refractivity contribution in [1.82, 2.24) is 4.90 Å². The third-order valence-electron chi connectivity index (χ3n) is 5.92. The maximum Gasteiger partial charge on any atom is 0.290 e. The van der Waals surface area contributed by atoms with Crippen LogP contribution in [0.3, 0.4) is 0 Å². The Morgan fingerprint density at radius 3 is 2.71 bits per heavy atom. The number of hydrogen-bond acceptors (Lipinski definition) is 5. The topological polar surface area (TPSA) is 81.3 Å². The van der Waals surface area contributed by atoms with Gasteiger partial charge >= 0.3 is 0 Å². The molecule has 1 atom stereocenters. The molecule has 2 saturated heterocycles. The SMILES string of the molecule is CCOc1ccc2oc(C(=O)N3CC[NH+]([C@@H]4CCS(=O)(=O)C4)CC3)c(C)c2c1. The second kappa shape index (κ2) is 7.40. The van der Waals surface area contributed by atoms with E-state index in [0.717, 1.165) is 36.2 Å². The Kier molecular flexibility index (Phi) is 5.09. The van der Waals surface area contributed by atoms with E-state index in [1.807, 2.05) is 36.9 Å². The molecule has 3 heterocycles. The van der Waals surface area contributed by atoms with E-state index in [9.17, 15) is 13.2 Å². The molecule has 7 nitrogen and oxygen atoms in total. The highest BCUT2D eigenvalue weighted by Crippen LogP contribution is 2.29. The van der Waals surface area contributed by atoms with Crippen LogP contribution >= 0.6 is 0 Å². The summed E-state index contributed by atoms with van der Waals surface area (Å²) in [5.74, 6) is 1.63. The van der Waals surface area contributed by atoms with Crippen molar-refractivity contribution in [2.45, 2.75) is 26.3 Å². The Hall–Kier alpha value is -2.06. The summed E-state index contributed by atoms with van der Waals surface area (Å²) < 4.78 is 34.9. The minimum Gasteiger partial charge on any atom is -0.494 e. The van der Waals surface area contributed by atoms with E-state index in [0.29, 0.717) is 36.8 Å². The molecule has 4 rings (SSSR count). The van der Waals surface area contributed by atoms with Crippen LogP contribution in [-0.4, -0.2) is 69.6 Å². The van der Waals surface area contributed by atoms with E-state index in [4.69, 9.17) is 9.15 Å². The van der Waals surface area contributed by atoms with Gasteiger partial charge in [-0.25, -0.2) is 8.42 Å². The van der Waals surface area contributed by atoms with E-state index in [1.165, 1.54) is 4.90 Å². The van der Waals surface area contributed by atoms with Crippen LogP contribution in [0.2, 0.25) is 0 Å². The van der Waals surface area contributed by atoms with E-state index >= 15 is 0 Å². The molecule has 2 aromatic rings. The van der Waals surface area contributed by atoms with Crippen molar-refractivity contribution in [3.63, 3.8) is 0 Å². The first-order valence-corrected chi connectivity index (χ1v) is 11.7. The number of fused-ring (bicyclic) bond motifs is 1. The third-order valence-corrected chi connectivity index (χ3v) is 7.68. The number of nitrogens with zero attached hydrogens (tertiary/aromatic N) is 1. The molecule has 2 fully saturated rings. The van der Waals surface area contributed by atoms with Gasteiger partial charge in [0.1, 0.15) is 23.1 Å². The average Bonchev–Trinajstić information content (AvgIpc) is 3.21. The summed E-state index contributed by atoms with van der Waals surface area (Å²) in [5.41, 5.74) is 1.52. The summed E-state index contributed by atoms with van der Waals surface area (Å²) >= 11 is 0. The minimum atomic E-state index is -2.87. The van der Waals surface area contributed by atoms with Gasteiger partial charge in [0.2, 0.25) is 0 Å². The highest BCUT2D eigenvalue weighted by atomic mass is 32.2. The van der Waals surface area contributed by atoms with Crippen molar-refractivity contribution in [3.05, 3.63) is 29.5 Å². The van der Waals surface area contributed by atoms with Gasteiger partial charge in [-0.1, -0.05) is 0 Å². The average molecular weight is 408 g/mol. The zero-order valence-corrected chi connectivity index (χ0v) is 17.2. The third kappa shape index (κ3) is 3.63. The second-order valence-corrected chi connectivity index (χ2v) is 9.93. The van der Waals surface area contributed by atoms with Crippen molar-refractivity contribution in [1.29, 1.82) is 0 Å². The standard InChI is InChI=1S/C20H26N2O5S/c1-3-26-16-4-5-18-17(12-16)14(2)19(27-18)20(23)22-9-7-21(8-10-22)15-6-11-28(24,25)13-15/h4-5,12,15H,3,6-11,13H2,1-2H3/p+1/t15-/m1/s1. The van der Waals surface area contributed by atoms with E-state index in [-0.39, 0.29) is 17.7 Å². The number of benzene rings is 1. The molecule has 28 heavy (non-hydrogen) atoms. The number of amides is 1. The molecule has 0 saturated carbocycles. The molecule has 1 N–H and O–H groups in total. The Morgan fingerprint density at radius 2 is 2.07 bits per heavy atom. The molecule has 1 amide bonds. The molecule has 1 aromatic carbocycles. The molecule has 2 aliphatic heterocycles. The lowest BCUT2D eigenvalue weighted by Gasteiger charge is -2.34. The van der Waals surface area contributed by atoms with Crippen LogP contribution in [0.5, 0.6) is 5.75 Å². The van der Waals surface area contributed by atoms with Gasteiger partial charge in [-0.05, 0) is 32.0 Å². The van der Waals surface area contributed by atoms with Crippen molar-refractivity contribution in [2.24, 2.45) is 0 Å². The maximum absolute atomic E-state index is 13.0. The van der Waals surface area contributed by atoms with Crippen LogP contribution in [0.4, 0.5) is 0 Å². The number of hydrogen-bond donors (Lipinski definition) is 1. The Balaban J connectivity index is 1.46. The van der Waals surface area contributed by atoms with Gasteiger partial charge in [-0.15, -0.1) is 0 Å². The van der Waals surface area contributed by atoms with Gasteiger partial charge < -0.3 is 19.0 Å². The molecule has 0 bridgehead atoms. The first-order valence-electron chi connectivity index (χ1n) is 9.88.